The number of aryl methyl sites for hydroxylation is 1. The van der Waals surface area contributed by atoms with Crippen LogP contribution in [0.15, 0.2) is 42.5 Å². The molecule has 0 amide bonds. The first-order chi connectivity index (χ1) is 9.63. The summed E-state index contributed by atoms with van der Waals surface area (Å²) in [5.74, 6) is 0.242. The number of hydrogen-bond acceptors (Lipinski definition) is 4. The van der Waals surface area contributed by atoms with E-state index in [9.17, 15) is 9.59 Å². The molecule has 0 bridgehead atoms. The lowest BCUT2D eigenvalue weighted by atomic mass is 10.1. The molecule has 4 heteroatoms. The van der Waals surface area contributed by atoms with E-state index in [4.69, 9.17) is 9.47 Å². The van der Waals surface area contributed by atoms with E-state index in [1.54, 1.807) is 18.2 Å². The Hall–Kier alpha value is -2.62. The molecule has 0 saturated heterocycles. The van der Waals surface area contributed by atoms with Crippen LogP contribution < -0.4 is 9.47 Å². The first-order valence-electron chi connectivity index (χ1n) is 6.06. The highest BCUT2D eigenvalue weighted by Gasteiger charge is 2.12. The molecule has 0 aliphatic rings. The van der Waals surface area contributed by atoms with Gasteiger partial charge in [-0.1, -0.05) is 17.7 Å². The highest BCUT2D eigenvalue weighted by atomic mass is 16.5. The number of hydrogen-bond donors (Lipinski definition) is 0. The molecule has 0 unspecified atom stereocenters. The fourth-order valence-corrected chi connectivity index (χ4v) is 1.69. The van der Waals surface area contributed by atoms with Crippen LogP contribution in [0.5, 0.6) is 11.5 Å². The van der Waals surface area contributed by atoms with Crippen molar-refractivity contribution in [2.24, 2.45) is 0 Å². The van der Waals surface area contributed by atoms with Crippen LogP contribution in [0.2, 0.25) is 0 Å². The van der Waals surface area contributed by atoms with E-state index in [2.05, 4.69) is 0 Å². The Morgan fingerprint density at radius 2 is 1.80 bits per heavy atom. The van der Waals surface area contributed by atoms with Gasteiger partial charge in [-0.2, -0.15) is 0 Å². The quantitative estimate of drug-likeness (QED) is 0.487. The zero-order valence-electron chi connectivity index (χ0n) is 11.3. The zero-order valence-corrected chi connectivity index (χ0v) is 11.3. The fraction of sp³-hybridized carbons (Fsp3) is 0.125. The Labute approximate surface area is 116 Å². The van der Waals surface area contributed by atoms with Gasteiger partial charge in [-0.05, 0) is 37.3 Å². The fourth-order valence-electron chi connectivity index (χ4n) is 1.69. The van der Waals surface area contributed by atoms with E-state index in [-0.39, 0.29) is 11.3 Å². The van der Waals surface area contributed by atoms with Crippen molar-refractivity contribution in [2.75, 3.05) is 7.11 Å². The van der Waals surface area contributed by atoms with Gasteiger partial charge in [0, 0.05) is 0 Å². The van der Waals surface area contributed by atoms with Crippen LogP contribution in [0.1, 0.15) is 26.3 Å². The Balaban J connectivity index is 2.23. The molecule has 4 nitrogen and oxygen atoms in total. The van der Waals surface area contributed by atoms with E-state index in [0.29, 0.717) is 17.6 Å². The molecule has 0 aromatic heterocycles. The van der Waals surface area contributed by atoms with Crippen molar-refractivity contribution in [3.63, 3.8) is 0 Å². The third-order valence-electron chi connectivity index (χ3n) is 2.83. The number of esters is 1. The van der Waals surface area contributed by atoms with Crippen LogP contribution in [-0.2, 0) is 0 Å². The second-order valence-corrected chi connectivity index (χ2v) is 4.28. The first-order valence-corrected chi connectivity index (χ1v) is 6.06. The van der Waals surface area contributed by atoms with Gasteiger partial charge in [-0.25, -0.2) is 4.79 Å². The molecular weight excluding hydrogens is 256 g/mol. The molecular formula is C16H14O4. The topological polar surface area (TPSA) is 52.6 Å². The summed E-state index contributed by atoms with van der Waals surface area (Å²) in [6, 6.07) is 11.7. The molecule has 0 heterocycles. The number of aldehydes is 1. The lowest BCUT2D eigenvalue weighted by Crippen LogP contribution is -2.09. The molecule has 0 atom stereocenters. The number of carbonyl (C=O) groups excluding carboxylic acids is 2. The molecule has 102 valence electrons. The maximum Gasteiger partial charge on any atom is 0.343 e. The SMILES string of the molecule is COc1ccc(OC(=O)c2ccc(C)cc2)c(C=O)c1. The molecule has 2 aromatic rings. The third kappa shape index (κ3) is 3.03. The second kappa shape index (κ2) is 6.02. The Bertz CT molecular complexity index is 629. The zero-order chi connectivity index (χ0) is 14.5. The lowest BCUT2D eigenvalue weighted by Gasteiger charge is -2.08. The van der Waals surface area contributed by atoms with Gasteiger partial charge in [-0.15, -0.1) is 0 Å². The summed E-state index contributed by atoms with van der Waals surface area (Å²) in [5, 5.41) is 0. The van der Waals surface area contributed by atoms with Crippen LogP contribution >= 0.6 is 0 Å². The van der Waals surface area contributed by atoms with Crippen molar-refractivity contribution in [3.05, 3.63) is 59.2 Å². The number of carbonyl (C=O) groups is 2. The summed E-state index contributed by atoms with van der Waals surface area (Å²) in [5.41, 5.74) is 1.76. The van der Waals surface area contributed by atoms with Crippen LogP contribution in [-0.4, -0.2) is 19.4 Å². The normalized spacial score (nSPS) is 9.90. The van der Waals surface area contributed by atoms with Crippen molar-refractivity contribution in [2.45, 2.75) is 6.92 Å². The summed E-state index contributed by atoms with van der Waals surface area (Å²) in [7, 11) is 1.50. The van der Waals surface area contributed by atoms with Crippen molar-refractivity contribution < 1.29 is 19.1 Å². The molecule has 0 saturated carbocycles. The molecule has 0 N–H and O–H groups in total. The summed E-state index contributed by atoms with van der Waals surface area (Å²) in [4.78, 5) is 23.0. The number of ether oxygens (including phenoxy) is 2. The molecule has 0 aliphatic carbocycles. The first kappa shape index (κ1) is 13.8. The third-order valence-corrected chi connectivity index (χ3v) is 2.83. The van der Waals surface area contributed by atoms with E-state index in [0.717, 1.165) is 5.56 Å². The van der Waals surface area contributed by atoms with E-state index in [1.807, 2.05) is 19.1 Å². The van der Waals surface area contributed by atoms with Gasteiger partial charge in [0.15, 0.2) is 6.29 Å². The maximum atomic E-state index is 12.0. The smallest absolute Gasteiger partial charge is 0.343 e. The van der Waals surface area contributed by atoms with Crippen LogP contribution in [0.3, 0.4) is 0 Å². The molecule has 0 aliphatic heterocycles. The van der Waals surface area contributed by atoms with E-state index in [1.165, 1.54) is 19.2 Å². The predicted molar refractivity (Wildman–Crippen MR) is 74.5 cm³/mol. The molecule has 0 fully saturated rings. The van der Waals surface area contributed by atoms with Gasteiger partial charge in [0.25, 0.3) is 0 Å². The van der Waals surface area contributed by atoms with Crippen molar-refractivity contribution in [3.8, 4) is 11.5 Å². The van der Waals surface area contributed by atoms with E-state index < -0.39 is 5.97 Å². The molecule has 2 rings (SSSR count). The van der Waals surface area contributed by atoms with Gasteiger partial charge in [0.2, 0.25) is 0 Å². The predicted octanol–water partition coefficient (Wildman–Crippen LogP) is 3.04. The number of rotatable bonds is 4. The molecule has 0 spiro atoms. The average Bonchev–Trinajstić information content (AvgIpc) is 2.48. The van der Waals surface area contributed by atoms with Crippen molar-refractivity contribution >= 4 is 12.3 Å². The minimum Gasteiger partial charge on any atom is -0.497 e. The lowest BCUT2D eigenvalue weighted by molar-refractivity contribution is 0.0733. The van der Waals surface area contributed by atoms with Crippen LogP contribution in [0.25, 0.3) is 0 Å². The average molecular weight is 270 g/mol. The standard InChI is InChI=1S/C16H14O4/c1-11-3-5-12(6-4-11)16(18)20-15-8-7-14(19-2)9-13(15)10-17/h3-10H,1-2H3. The number of methoxy groups -OCH3 is 1. The van der Waals surface area contributed by atoms with Gasteiger partial charge >= 0.3 is 5.97 Å². The second-order valence-electron chi connectivity index (χ2n) is 4.28. The van der Waals surface area contributed by atoms with Crippen molar-refractivity contribution in [1.29, 1.82) is 0 Å². The largest absolute Gasteiger partial charge is 0.497 e. The Morgan fingerprint density at radius 3 is 2.40 bits per heavy atom. The molecule has 0 radical (unpaired) electrons. The summed E-state index contributed by atoms with van der Waals surface area (Å²) >= 11 is 0. The van der Waals surface area contributed by atoms with Crippen LogP contribution in [0.4, 0.5) is 0 Å². The maximum absolute atomic E-state index is 12.0. The van der Waals surface area contributed by atoms with Gasteiger partial charge in [-0.3, -0.25) is 4.79 Å². The highest BCUT2D eigenvalue weighted by molar-refractivity contribution is 5.92. The molecule has 20 heavy (non-hydrogen) atoms. The number of benzene rings is 2. The Kier molecular flexibility index (Phi) is 4.15. The minimum absolute atomic E-state index is 0.214. The van der Waals surface area contributed by atoms with Crippen LogP contribution in [0, 0.1) is 6.92 Å². The monoisotopic (exact) mass is 270 g/mol. The summed E-state index contributed by atoms with van der Waals surface area (Å²) < 4.78 is 10.3. The molecule has 2 aromatic carbocycles. The minimum atomic E-state index is -0.502. The van der Waals surface area contributed by atoms with Gasteiger partial charge < -0.3 is 9.47 Å². The van der Waals surface area contributed by atoms with Gasteiger partial charge in [0.1, 0.15) is 11.5 Å². The van der Waals surface area contributed by atoms with Crippen molar-refractivity contribution in [1.82, 2.24) is 0 Å². The Morgan fingerprint density at radius 1 is 1.10 bits per heavy atom. The highest BCUT2D eigenvalue weighted by Crippen LogP contribution is 2.23. The van der Waals surface area contributed by atoms with E-state index >= 15 is 0 Å². The van der Waals surface area contributed by atoms with Gasteiger partial charge in [0.05, 0.1) is 18.2 Å². The summed E-state index contributed by atoms with van der Waals surface area (Å²) in [6.07, 6.45) is 0.625. The summed E-state index contributed by atoms with van der Waals surface area (Å²) in [6.45, 7) is 1.93.